The molecule has 6 heteroatoms. The van der Waals surface area contributed by atoms with Crippen molar-refractivity contribution in [2.24, 2.45) is 0 Å². The molecule has 1 aromatic rings. The van der Waals surface area contributed by atoms with Gasteiger partial charge >= 0.3 is 7.12 Å². The fraction of sp³-hybridized carbons (Fsp3) is 0.647. The lowest BCUT2D eigenvalue weighted by molar-refractivity contribution is 0.00578. The molecule has 3 nitrogen and oxygen atoms in total. The molecule has 0 N–H and O–H groups in total. The van der Waals surface area contributed by atoms with Gasteiger partial charge in [0.1, 0.15) is 5.82 Å². The number of anilines is 1. The maximum atomic E-state index is 15.1. The standard InChI is InChI=1S/C17H28BFNO2P/c1-11(2)23-20(8)14-10-12(3)9-13(15(14)19)18-21-16(4,5)17(6,7)22-18/h9-11,23H,1-8H3. The van der Waals surface area contributed by atoms with E-state index < -0.39 is 18.3 Å². The maximum Gasteiger partial charge on any atom is 0.497 e. The lowest BCUT2D eigenvalue weighted by Gasteiger charge is -2.32. The van der Waals surface area contributed by atoms with Crippen molar-refractivity contribution in [1.82, 2.24) is 0 Å². The van der Waals surface area contributed by atoms with Crippen LogP contribution >= 0.6 is 8.73 Å². The molecule has 1 aliphatic heterocycles. The highest BCUT2D eigenvalue weighted by Crippen LogP contribution is 2.38. The van der Waals surface area contributed by atoms with Crippen LogP contribution in [0.1, 0.15) is 47.1 Å². The third kappa shape index (κ3) is 3.73. The summed E-state index contributed by atoms with van der Waals surface area (Å²) in [5, 5.41) is 0. The Labute approximate surface area is 141 Å². The first-order chi connectivity index (χ1) is 10.4. The Kier molecular flexibility index (Phi) is 5.16. The van der Waals surface area contributed by atoms with Crippen LogP contribution in [-0.4, -0.2) is 31.0 Å². The largest absolute Gasteiger partial charge is 0.497 e. The summed E-state index contributed by atoms with van der Waals surface area (Å²) in [6.45, 7) is 14.2. The fourth-order valence-corrected chi connectivity index (χ4v) is 3.70. The highest BCUT2D eigenvalue weighted by Gasteiger charge is 2.52. The summed E-state index contributed by atoms with van der Waals surface area (Å²) >= 11 is 0. The Morgan fingerprint density at radius 3 is 2.13 bits per heavy atom. The Balaban J connectivity index is 2.40. The molecule has 1 aromatic carbocycles. The summed E-state index contributed by atoms with van der Waals surface area (Å²) < 4.78 is 29.1. The van der Waals surface area contributed by atoms with Crippen LogP contribution in [0.25, 0.3) is 0 Å². The first-order valence-electron chi connectivity index (χ1n) is 8.10. The zero-order valence-corrected chi connectivity index (χ0v) is 16.5. The van der Waals surface area contributed by atoms with Crippen LogP contribution in [0.2, 0.25) is 0 Å². The molecule has 1 aliphatic rings. The SMILES string of the molecule is Cc1cc(B2OC(C)(C)C(C)(C)O2)c(F)c(N(C)PC(C)C)c1. The molecule has 2 rings (SSSR count). The monoisotopic (exact) mass is 339 g/mol. The van der Waals surface area contributed by atoms with Gasteiger partial charge in [-0.15, -0.1) is 0 Å². The molecule has 128 valence electrons. The van der Waals surface area contributed by atoms with Gasteiger partial charge in [0.15, 0.2) is 0 Å². The van der Waals surface area contributed by atoms with E-state index in [9.17, 15) is 0 Å². The average Bonchev–Trinajstić information content (AvgIpc) is 2.59. The molecule has 0 aromatic heterocycles. The van der Waals surface area contributed by atoms with Crippen molar-refractivity contribution in [3.8, 4) is 0 Å². The van der Waals surface area contributed by atoms with Crippen molar-refractivity contribution in [1.29, 1.82) is 0 Å². The van der Waals surface area contributed by atoms with Crippen LogP contribution in [0.3, 0.4) is 0 Å². The van der Waals surface area contributed by atoms with Gasteiger partial charge in [-0.1, -0.05) is 19.9 Å². The van der Waals surface area contributed by atoms with E-state index in [1.165, 1.54) is 0 Å². The normalized spacial score (nSPS) is 20.0. The van der Waals surface area contributed by atoms with Crippen molar-refractivity contribution in [3.63, 3.8) is 0 Å². The molecule has 23 heavy (non-hydrogen) atoms. The summed E-state index contributed by atoms with van der Waals surface area (Å²) in [6, 6.07) is 3.72. The first-order valence-corrected chi connectivity index (χ1v) is 9.12. The van der Waals surface area contributed by atoms with E-state index in [1.807, 2.05) is 58.5 Å². The topological polar surface area (TPSA) is 21.7 Å². The maximum absolute atomic E-state index is 15.1. The molecule has 0 radical (unpaired) electrons. The van der Waals surface area contributed by atoms with E-state index in [0.29, 0.717) is 25.5 Å². The van der Waals surface area contributed by atoms with Gasteiger partial charge in [-0.25, -0.2) is 4.39 Å². The zero-order valence-electron chi connectivity index (χ0n) is 15.5. The van der Waals surface area contributed by atoms with Crippen molar-refractivity contribution >= 4 is 27.0 Å². The van der Waals surface area contributed by atoms with Crippen LogP contribution in [-0.2, 0) is 9.31 Å². The first kappa shape index (κ1) is 18.7. The van der Waals surface area contributed by atoms with Crippen LogP contribution in [0.5, 0.6) is 0 Å². The second-order valence-electron chi connectivity index (χ2n) is 7.62. The van der Waals surface area contributed by atoms with E-state index in [4.69, 9.17) is 9.31 Å². The van der Waals surface area contributed by atoms with Gasteiger partial charge in [0, 0.05) is 12.5 Å². The van der Waals surface area contributed by atoms with Crippen molar-refractivity contribution in [2.45, 2.75) is 65.3 Å². The molecule has 1 atom stereocenters. The Hall–Kier alpha value is -0.635. The highest BCUT2D eigenvalue weighted by molar-refractivity contribution is 7.40. The average molecular weight is 339 g/mol. The number of halogens is 1. The molecule has 0 amide bonds. The van der Waals surface area contributed by atoms with Gasteiger partial charge in [-0.3, -0.25) is 0 Å². The number of benzene rings is 1. The Morgan fingerprint density at radius 2 is 1.65 bits per heavy atom. The minimum atomic E-state index is -0.672. The van der Waals surface area contributed by atoms with Gasteiger partial charge < -0.3 is 14.0 Å². The van der Waals surface area contributed by atoms with Crippen molar-refractivity contribution in [2.75, 3.05) is 11.7 Å². The van der Waals surface area contributed by atoms with Crippen LogP contribution < -0.4 is 10.1 Å². The van der Waals surface area contributed by atoms with Gasteiger partial charge in [0.25, 0.3) is 0 Å². The fourth-order valence-electron chi connectivity index (χ4n) is 2.62. The summed E-state index contributed by atoms with van der Waals surface area (Å²) in [5.74, 6) is -0.246. The molecule has 1 heterocycles. The molecule has 1 unspecified atom stereocenters. The van der Waals surface area contributed by atoms with Crippen molar-refractivity contribution < 1.29 is 13.7 Å². The Morgan fingerprint density at radius 1 is 1.13 bits per heavy atom. The lowest BCUT2D eigenvalue weighted by Crippen LogP contribution is -2.41. The molecule has 0 aliphatic carbocycles. The molecular formula is C17H28BFNO2P. The number of hydrogen-bond donors (Lipinski definition) is 0. The van der Waals surface area contributed by atoms with Gasteiger partial charge in [0.2, 0.25) is 0 Å². The zero-order chi connectivity index (χ0) is 17.6. The summed E-state index contributed by atoms with van der Waals surface area (Å²) in [7, 11) is 1.79. The predicted octanol–water partition coefficient (Wildman–Crippen LogP) is 3.87. The smallest absolute Gasteiger partial charge is 0.399 e. The van der Waals surface area contributed by atoms with Gasteiger partial charge in [0.05, 0.1) is 16.9 Å². The summed E-state index contributed by atoms with van der Waals surface area (Å²) in [4.78, 5) is 0. The van der Waals surface area contributed by atoms with Crippen LogP contribution in [0, 0.1) is 12.7 Å². The molecule has 0 saturated carbocycles. The Bertz CT molecular complexity index is 576. The van der Waals surface area contributed by atoms with E-state index >= 15 is 4.39 Å². The second-order valence-corrected chi connectivity index (χ2v) is 9.70. The molecule has 0 spiro atoms. The number of rotatable bonds is 4. The summed E-state index contributed by atoms with van der Waals surface area (Å²) in [6.07, 6.45) is 0. The van der Waals surface area contributed by atoms with Gasteiger partial charge in [-0.05, 0) is 60.6 Å². The number of aryl methyl sites for hydroxylation is 1. The molecule has 1 fully saturated rings. The minimum absolute atomic E-state index is 0.246. The molecule has 0 bridgehead atoms. The molecular weight excluding hydrogens is 311 g/mol. The quantitative estimate of drug-likeness (QED) is 0.614. The van der Waals surface area contributed by atoms with E-state index in [2.05, 4.69) is 13.8 Å². The summed E-state index contributed by atoms with van der Waals surface area (Å²) in [5.41, 5.74) is 1.65. The predicted molar refractivity (Wildman–Crippen MR) is 98.7 cm³/mol. The third-order valence-corrected chi connectivity index (χ3v) is 5.69. The number of hydrogen-bond acceptors (Lipinski definition) is 3. The van der Waals surface area contributed by atoms with Crippen molar-refractivity contribution in [3.05, 3.63) is 23.5 Å². The van der Waals surface area contributed by atoms with E-state index in [1.54, 1.807) is 0 Å². The second kappa shape index (κ2) is 6.35. The van der Waals surface area contributed by atoms with Crippen LogP contribution in [0.15, 0.2) is 12.1 Å². The van der Waals surface area contributed by atoms with E-state index in [-0.39, 0.29) is 5.82 Å². The van der Waals surface area contributed by atoms with Gasteiger partial charge in [-0.2, -0.15) is 0 Å². The molecule has 1 saturated heterocycles. The van der Waals surface area contributed by atoms with E-state index in [0.717, 1.165) is 5.56 Å². The highest BCUT2D eigenvalue weighted by atomic mass is 31.1. The minimum Gasteiger partial charge on any atom is -0.399 e. The van der Waals surface area contributed by atoms with Crippen LogP contribution in [0.4, 0.5) is 10.1 Å². The number of nitrogens with zero attached hydrogens (tertiary/aromatic N) is 1. The third-order valence-electron chi connectivity index (χ3n) is 4.55. The lowest BCUT2D eigenvalue weighted by atomic mass is 9.77.